The first-order chi connectivity index (χ1) is 15.1. The predicted molar refractivity (Wildman–Crippen MR) is 121 cm³/mol. The van der Waals surface area contributed by atoms with Crippen LogP contribution in [0.2, 0.25) is 0 Å². The van der Waals surface area contributed by atoms with Gasteiger partial charge in [0.1, 0.15) is 0 Å². The van der Waals surface area contributed by atoms with E-state index in [1.54, 1.807) is 25.4 Å². The number of rotatable bonds is 5. The summed E-state index contributed by atoms with van der Waals surface area (Å²) in [6, 6.07) is 15.0. The lowest BCUT2D eigenvalue weighted by atomic mass is 10.1. The first kappa shape index (κ1) is 21.9. The highest BCUT2D eigenvalue weighted by Crippen LogP contribution is 2.26. The molecule has 1 fully saturated rings. The van der Waals surface area contributed by atoms with Crippen LogP contribution in [0.25, 0.3) is 11.4 Å². The lowest BCUT2D eigenvalue weighted by Gasteiger charge is -2.28. The number of amides is 1. The van der Waals surface area contributed by atoms with Gasteiger partial charge in [0.15, 0.2) is 5.82 Å². The largest absolute Gasteiger partial charge is 0.372 e. The molecular formula is C23H25N5O3. The molecule has 4 rings (SSSR count). The zero-order chi connectivity index (χ0) is 22.1. The number of piperidine rings is 1. The average molecular weight is 419 g/mol. The molecule has 31 heavy (non-hydrogen) atoms. The molecule has 3 aromatic rings. The van der Waals surface area contributed by atoms with Crippen LogP contribution in [0.4, 0.5) is 17.1 Å². The quantitative estimate of drug-likeness (QED) is 0.368. The number of aryl methyl sites for hydroxylation is 1. The van der Waals surface area contributed by atoms with E-state index in [1.165, 1.54) is 19.3 Å². The lowest BCUT2D eigenvalue weighted by Crippen LogP contribution is -2.29. The molecule has 0 atom stereocenters. The molecule has 2 heterocycles. The molecule has 1 saturated heterocycles. The Balaban J connectivity index is 0.000000176. The number of nitrogens with one attached hydrogen (secondary N) is 1. The molecule has 1 aliphatic heterocycles. The molecule has 1 N–H and O–H groups in total. The maximum atomic E-state index is 10.7. The van der Waals surface area contributed by atoms with Gasteiger partial charge in [-0.1, -0.05) is 30.3 Å². The minimum Gasteiger partial charge on any atom is -0.372 e. The molecule has 0 aliphatic carbocycles. The summed E-state index contributed by atoms with van der Waals surface area (Å²) in [5, 5.41) is 13.2. The predicted octanol–water partition coefficient (Wildman–Crippen LogP) is 4.61. The smallest absolute Gasteiger partial charge is 0.272 e. The number of hydrogen-bond donors (Lipinski definition) is 1. The number of hydrogen-bond acceptors (Lipinski definition) is 6. The van der Waals surface area contributed by atoms with E-state index in [-0.39, 0.29) is 10.6 Å². The van der Waals surface area contributed by atoms with Gasteiger partial charge in [0, 0.05) is 36.0 Å². The fourth-order valence-corrected chi connectivity index (χ4v) is 3.40. The number of aromatic nitrogens is 2. The Hall–Kier alpha value is -3.81. The van der Waals surface area contributed by atoms with Crippen molar-refractivity contribution in [3.05, 3.63) is 76.6 Å². The first-order valence-corrected chi connectivity index (χ1v) is 10.2. The molecule has 8 nitrogen and oxygen atoms in total. The first-order valence-electron chi connectivity index (χ1n) is 10.2. The summed E-state index contributed by atoms with van der Waals surface area (Å²) in [5.41, 5.74) is 3.61. The molecular weight excluding hydrogens is 394 g/mol. The Labute approximate surface area is 181 Å². The molecule has 1 aliphatic rings. The van der Waals surface area contributed by atoms with Gasteiger partial charge in [0.2, 0.25) is 6.41 Å². The summed E-state index contributed by atoms with van der Waals surface area (Å²) < 4.78 is 0. The molecule has 0 saturated carbocycles. The van der Waals surface area contributed by atoms with Crippen LogP contribution in [0.5, 0.6) is 0 Å². The normalized spacial score (nSPS) is 13.0. The molecule has 0 spiro atoms. The molecule has 1 amide bonds. The van der Waals surface area contributed by atoms with Crippen molar-refractivity contribution in [3.8, 4) is 11.4 Å². The van der Waals surface area contributed by atoms with Gasteiger partial charge < -0.3 is 10.2 Å². The Morgan fingerprint density at radius 2 is 1.71 bits per heavy atom. The standard InChI is InChI=1S/C12H16N2O2.C11H9N3O/c1-10-9-11(5-6-12(10)14(15)16)13-7-3-2-4-8-13;15-8-14-10-6-12-11(13-7-10)9-4-2-1-3-5-9/h5-6,9H,2-4,7-8H2,1H3;1-8H,(H,14,15). The molecule has 0 radical (unpaired) electrons. The third-order valence-electron chi connectivity index (χ3n) is 5.01. The highest BCUT2D eigenvalue weighted by Gasteiger charge is 2.15. The minimum atomic E-state index is -0.324. The van der Waals surface area contributed by atoms with Gasteiger partial charge in [0.25, 0.3) is 5.69 Å². The number of carbonyl (C=O) groups excluding carboxylic acids is 1. The fourth-order valence-electron chi connectivity index (χ4n) is 3.40. The van der Waals surface area contributed by atoms with Gasteiger partial charge in [-0.15, -0.1) is 0 Å². The van der Waals surface area contributed by atoms with Crippen LogP contribution in [-0.2, 0) is 4.79 Å². The Bertz CT molecular complexity index is 1000. The van der Waals surface area contributed by atoms with Crippen LogP contribution < -0.4 is 10.2 Å². The van der Waals surface area contributed by atoms with Crippen LogP contribution in [0, 0.1) is 17.0 Å². The van der Waals surface area contributed by atoms with Crippen molar-refractivity contribution in [2.45, 2.75) is 26.2 Å². The third-order valence-corrected chi connectivity index (χ3v) is 5.01. The number of benzene rings is 2. The summed E-state index contributed by atoms with van der Waals surface area (Å²) in [4.78, 5) is 31.1. The maximum Gasteiger partial charge on any atom is 0.272 e. The lowest BCUT2D eigenvalue weighted by molar-refractivity contribution is -0.385. The Morgan fingerprint density at radius 3 is 2.29 bits per heavy atom. The number of nitrogens with zero attached hydrogens (tertiary/aromatic N) is 4. The molecule has 160 valence electrons. The third kappa shape index (κ3) is 6.08. The van der Waals surface area contributed by atoms with Gasteiger partial charge in [0.05, 0.1) is 23.0 Å². The molecule has 8 heteroatoms. The SMILES string of the molecule is Cc1cc(N2CCCCC2)ccc1[N+](=O)[O-].O=CNc1cnc(-c2ccccc2)nc1. The van der Waals surface area contributed by atoms with E-state index in [0.717, 1.165) is 29.9 Å². The monoisotopic (exact) mass is 419 g/mol. The van der Waals surface area contributed by atoms with E-state index in [1.807, 2.05) is 42.5 Å². The van der Waals surface area contributed by atoms with Gasteiger partial charge in [-0.3, -0.25) is 14.9 Å². The molecule has 1 aromatic heterocycles. The van der Waals surface area contributed by atoms with Crippen molar-refractivity contribution in [1.29, 1.82) is 0 Å². The highest BCUT2D eigenvalue weighted by atomic mass is 16.6. The Kier molecular flexibility index (Phi) is 7.64. The zero-order valence-corrected chi connectivity index (χ0v) is 17.4. The van der Waals surface area contributed by atoms with Crippen molar-refractivity contribution in [1.82, 2.24) is 9.97 Å². The number of carbonyl (C=O) groups is 1. The fraction of sp³-hybridized carbons (Fsp3) is 0.261. The zero-order valence-electron chi connectivity index (χ0n) is 17.4. The molecule has 0 bridgehead atoms. The van der Waals surface area contributed by atoms with E-state index >= 15 is 0 Å². The van der Waals surface area contributed by atoms with Crippen molar-refractivity contribution in [2.24, 2.45) is 0 Å². The highest BCUT2D eigenvalue weighted by molar-refractivity contribution is 5.70. The second-order valence-electron chi connectivity index (χ2n) is 7.20. The van der Waals surface area contributed by atoms with Crippen LogP contribution in [0.1, 0.15) is 24.8 Å². The van der Waals surface area contributed by atoms with E-state index in [2.05, 4.69) is 20.2 Å². The summed E-state index contributed by atoms with van der Waals surface area (Å²) in [6.45, 7) is 3.93. The van der Waals surface area contributed by atoms with Gasteiger partial charge in [-0.25, -0.2) is 9.97 Å². The van der Waals surface area contributed by atoms with Crippen molar-refractivity contribution >= 4 is 23.5 Å². The van der Waals surface area contributed by atoms with Crippen LogP contribution in [0.15, 0.2) is 60.9 Å². The number of anilines is 2. The van der Waals surface area contributed by atoms with Crippen molar-refractivity contribution in [3.63, 3.8) is 0 Å². The number of nitro benzene ring substituents is 1. The van der Waals surface area contributed by atoms with Gasteiger partial charge >= 0.3 is 0 Å². The van der Waals surface area contributed by atoms with Crippen molar-refractivity contribution in [2.75, 3.05) is 23.3 Å². The maximum absolute atomic E-state index is 10.7. The van der Waals surface area contributed by atoms with Crippen LogP contribution in [-0.4, -0.2) is 34.4 Å². The van der Waals surface area contributed by atoms with Crippen LogP contribution >= 0.6 is 0 Å². The molecule has 2 aromatic carbocycles. The van der Waals surface area contributed by atoms with Gasteiger partial charge in [-0.2, -0.15) is 0 Å². The van der Waals surface area contributed by atoms with Crippen LogP contribution in [0.3, 0.4) is 0 Å². The molecule has 0 unspecified atom stereocenters. The summed E-state index contributed by atoms with van der Waals surface area (Å²) >= 11 is 0. The average Bonchev–Trinajstić information content (AvgIpc) is 2.81. The minimum absolute atomic E-state index is 0.209. The summed E-state index contributed by atoms with van der Waals surface area (Å²) in [7, 11) is 0. The van der Waals surface area contributed by atoms with Gasteiger partial charge in [-0.05, 0) is 38.3 Å². The van der Waals surface area contributed by atoms with E-state index in [4.69, 9.17) is 0 Å². The topological polar surface area (TPSA) is 101 Å². The second-order valence-corrected chi connectivity index (χ2v) is 7.20. The Morgan fingerprint density at radius 1 is 1.03 bits per heavy atom. The van der Waals surface area contributed by atoms with E-state index in [0.29, 0.717) is 17.9 Å². The van der Waals surface area contributed by atoms with Crippen molar-refractivity contribution < 1.29 is 9.72 Å². The summed E-state index contributed by atoms with van der Waals surface area (Å²) in [6.07, 6.45) is 7.48. The van der Waals surface area contributed by atoms with E-state index in [9.17, 15) is 14.9 Å². The number of nitro groups is 1. The second kappa shape index (κ2) is 10.8. The summed E-state index contributed by atoms with van der Waals surface area (Å²) in [5.74, 6) is 0.645. The van der Waals surface area contributed by atoms with E-state index < -0.39 is 0 Å².